The Morgan fingerprint density at radius 3 is 2.67 bits per heavy atom. The number of pyridine rings is 1. The molecule has 136 valence electrons. The highest BCUT2D eigenvalue weighted by atomic mass is 16.5. The summed E-state index contributed by atoms with van der Waals surface area (Å²) >= 11 is 0. The lowest BCUT2D eigenvalue weighted by atomic mass is 10.2. The van der Waals surface area contributed by atoms with Crippen molar-refractivity contribution in [3.8, 4) is 5.75 Å². The molecule has 2 aromatic carbocycles. The SMILES string of the molecule is c1ccc(CN(CCCOc2ccc3cc[nH]c3c2)c2ccccn2)cc1. The predicted molar refractivity (Wildman–Crippen MR) is 110 cm³/mol. The zero-order valence-electron chi connectivity index (χ0n) is 15.2. The third kappa shape index (κ3) is 4.47. The van der Waals surface area contributed by atoms with Crippen LogP contribution in [0.25, 0.3) is 10.9 Å². The van der Waals surface area contributed by atoms with Gasteiger partial charge in [0.05, 0.1) is 6.61 Å². The molecule has 0 unspecified atom stereocenters. The third-order valence-corrected chi connectivity index (χ3v) is 4.56. The van der Waals surface area contributed by atoms with E-state index in [2.05, 4.69) is 63.4 Å². The molecule has 0 fully saturated rings. The van der Waals surface area contributed by atoms with Gasteiger partial charge in [-0.2, -0.15) is 0 Å². The molecule has 0 saturated heterocycles. The minimum absolute atomic E-state index is 0.671. The molecule has 0 spiro atoms. The highest BCUT2D eigenvalue weighted by Gasteiger charge is 2.08. The van der Waals surface area contributed by atoms with Crippen LogP contribution in [0, 0.1) is 0 Å². The molecule has 4 heteroatoms. The minimum atomic E-state index is 0.671. The van der Waals surface area contributed by atoms with Crippen LogP contribution in [0.4, 0.5) is 5.82 Å². The Morgan fingerprint density at radius 1 is 0.926 bits per heavy atom. The molecule has 4 rings (SSSR count). The average molecular weight is 357 g/mol. The average Bonchev–Trinajstić information content (AvgIpc) is 3.19. The molecule has 0 atom stereocenters. The summed E-state index contributed by atoms with van der Waals surface area (Å²) in [5.41, 5.74) is 2.38. The fraction of sp³-hybridized carbons (Fsp3) is 0.174. The highest BCUT2D eigenvalue weighted by Crippen LogP contribution is 2.20. The van der Waals surface area contributed by atoms with Crippen LogP contribution in [0.1, 0.15) is 12.0 Å². The standard InChI is InChI=1S/C23H23N3O/c1-2-7-19(8-3-1)18-26(23-9-4-5-13-25-23)15-6-16-27-21-11-10-20-12-14-24-22(20)17-21/h1-5,7-14,17,24H,6,15-16,18H2. The zero-order chi connectivity index (χ0) is 18.3. The maximum atomic E-state index is 5.95. The smallest absolute Gasteiger partial charge is 0.128 e. The molecule has 0 aliphatic heterocycles. The molecule has 2 heterocycles. The van der Waals surface area contributed by atoms with Crippen LogP contribution in [-0.4, -0.2) is 23.1 Å². The molecule has 0 saturated carbocycles. The Balaban J connectivity index is 1.36. The summed E-state index contributed by atoms with van der Waals surface area (Å²) in [7, 11) is 0. The van der Waals surface area contributed by atoms with Crippen molar-refractivity contribution in [2.45, 2.75) is 13.0 Å². The molecule has 4 nitrogen and oxygen atoms in total. The molecular formula is C23H23N3O. The number of hydrogen-bond acceptors (Lipinski definition) is 3. The second-order valence-electron chi connectivity index (χ2n) is 6.52. The molecular weight excluding hydrogens is 334 g/mol. The van der Waals surface area contributed by atoms with E-state index in [1.54, 1.807) is 0 Å². The number of nitrogens with zero attached hydrogens (tertiary/aromatic N) is 2. The molecule has 0 bridgehead atoms. The molecule has 0 aliphatic rings. The van der Waals surface area contributed by atoms with Crippen molar-refractivity contribution in [1.82, 2.24) is 9.97 Å². The normalized spacial score (nSPS) is 10.8. The molecule has 1 N–H and O–H groups in total. The van der Waals surface area contributed by atoms with Crippen molar-refractivity contribution >= 4 is 16.7 Å². The Kier molecular flexibility index (Phi) is 5.34. The van der Waals surface area contributed by atoms with Crippen LogP contribution < -0.4 is 9.64 Å². The number of H-pyrrole nitrogens is 1. The number of anilines is 1. The Bertz CT molecular complexity index is 967. The van der Waals surface area contributed by atoms with Crippen LogP contribution in [0.5, 0.6) is 5.75 Å². The van der Waals surface area contributed by atoms with Crippen molar-refractivity contribution < 1.29 is 4.74 Å². The second kappa shape index (κ2) is 8.41. The quantitative estimate of drug-likeness (QED) is 0.449. The van der Waals surface area contributed by atoms with Gasteiger partial charge in [-0.25, -0.2) is 4.98 Å². The van der Waals surface area contributed by atoms with Gasteiger partial charge in [-0.05, 0) is 47.7 Å². The lowest BCUT2D eigenvalue weighted by Gasteiger charge is -2.24. The number of rotatable bonds is 8. The van der Waals surface area contributed by atoms with Crippen molar-refractivity contribution in [3.63, 3.8) is 0 Å². The summed E-state index contributed by atoms with van der Waals surface area (Å²) in [5.74, 6) is 1.89. The van der Waals surface area contributed by atoms with Crippen molar-refractivity contribution in [2.75, 3.05) is 18.1 Å². The predicted octanol–water partition coefficient (Wildman–Crippen LogP) is 5.04. The van der Waals surface area contributed by atoms with Gasteiger partial charge in [-0.15, -0.1) is 0 Å². The summed E-state index contributed by atoms with van der Waals surface area (Å²) in [6.07, 6.45) is 4.71. The number of hydrogen-bond donors (Lipinski definition) is 1. The minimum Gasteiger partial charge on any atom is -0.493 e. The Hall–Kier alpha value is -3.27. The lowest BCUT2D eigenvalue weighted by molar-refractivity contribution is 0.312. The van der Waals surface area contributed by atoms with Crippen LogP contribution in [-0.2, 0) is 6.54 Å². The number of ether oxygens (including phenoxy) is 1. The fourth-order valence-electron chi connectivity index (χ4n) is 3.18. The molecule has 0 radical (unpaired) electrons. The first kappa shape index (κ1) is 17.2. The van der Waals surface area contributed by atoms with Gasteiger partial charge >= 0.3 is 0 Å². The van der Waals surface area contributed by atoms with E-state index in [0.29, 0.717) is 6.61 Å². The van der Waals surface area contributed by atoms with E-state index in [9.17, 15) is 0 Å². The van der Waals surface area contributed by atoms with Crippen molar-refractivity contribution in [2.24, 2.45) is 0 Å². The van der Waals surface area contributed by atoms with Crippen LogP contribution >= 0.6 is 0 Å². The number of fused-ring (bicyclic) bond motifs is 1. The largest absolute Gasteiger partial charge is 0.493 e. The summed E-state index contributed by atoms with van der Waals surface area (Å²) in [6, 6.07) is 24.8. The van der Waals surface area contributed by atoms with Gasteiger partial charge in [0.25, 0.3) is 0 Å². The molecule has 4 aromatic rings. The third-order valence-electron chi connectivity index (χ3n) is 4.56. The highest BCUT2D eigenvalue weighted by molar-refractivity contribution is 5.80. The molecule has 0 amide bonds. The number of nitrogens with one attached hydrogen (secondary N) is 1. The van der Waals surface area contributed by atoms with Crippen LogP contribution in [0.2, 0.25) is 0 Å². The van der Waals surface area contributed by atoms with Gasteiger partial charge in [0.2, 0.25) is 0 Å². The van der Waals surface area contributed by atoms with Crippen molar-refractivity contribution in [1.29, 1.82) is 0 Å². The number of aromatic amines is 1. The molecule has 2 aromatic heterocycles. The van der Waals surface area contributed by atoms with Gasteiger partial charge < -0.3 is 14.6 Å². The van der Waals surface area contributed by atoms with Crippen LogP contribution in [0.15, 0.2) is 85.2 Å². The number of benzene rings is 2. The topological polar surface area (TPSA) is 41.1 Å². The van der Waals surface area contributed by atoms with E-state index >= 15 is 0 Å². The van der Waals surface area contributed by atoms with Gasteiger partial charge in [-0.1, -0.05) is 36.4 Å². The van der Waals surface area contributed by atoms with E-state index < -0.39 is 0 Å². The fourth-order valence-corrected chi connectivity index (χ4v) is 3.18. The van der Waals surface area contributed by atoms with Gasteiger partial charge in [0.15, 0.2) is 0 Å². The van der Waals surface area contributed by atoms with Gasteiger partial charge in [-0.3, -0.25) is 0 Å². The Morgan fingerprint density at radius 2 is 1.81 bits per heavy atom. The van der Waals surface area contributed by atoms with Crippen molar-refractivity contribution in [3.05, 3.63) is 90.8 Å². The zero-order valence-corrected chi connectivity index (χ0v) is 15.2. The monoisotopic (exact) mass is 357 g/mol. The van der Waals surface area contributed by atoms with E-state index in [1.165, 1.54) is 10.9 Å². The first-order chi connectivity index (χ1) is 13.4. The Labute approximate surface area is 159 Å². The van der Waals surface area contributed by atoms with E-state index in [-0.39, 0.29) is 0 Å². The first-order valence-corrected chi connectivity index (χ1v) is 9.28. The van der Waals surface area contributed by atoms with Gasteiger partial charge in [0, 0.05) is 37.1 Å². The summed E-state index contributed by atoms with van der Waals surface area (Å²) < 4.78 is 5.95. The van der Waals surface area contributed by atoms with E-state index in [4.69, 9.17) is 4.74 Å². The maximum absolute atomic E-state index is 5.95. The first-order valence-electron chi connectivity index (χ1n) is 9.28. The summed E-state index contributed by atoms with van der Waals surface area (Å²) in [4.78, 5) is 10.0. The number of aromatic nitrogens is 2. The maximum Gasteiger partial charge on any atom is 0.128 e. The molecule has 27 heavy (non-hydrogen) atoms. The van der Waals surface area contributed by atoms with Gasteiger partial charge in [0.1, 0.15) is 11.6 Å². The van der Waals surface area contributed by atoms with E-state index in [1.807, 2.05) is 36.7 Å². The second-order valence-corrected chi connectivity index (χ2v) is 6.52. The summed E-state index contributed by atoms with van der Waals surface area (Å²) in [6.45, 7) is 2.40. The lowest BCUT2D eigenvalue weighted by Crippen LogP contribution is -2.26. The molecule has 0 aliphatic carbocycles. The summed E-state index contributed by atoms with van der Waals surface area (Å²) in [5, 5.41) is 1.20. The van der Waals surface area contributed by atoms with Crippen LogP contribution in [0.3, 0.4) is 0 Å². The van der Waals surface area contributed by atoms with E-state index in [0.717, 1.165) is 36.6 Å².